The molecule has 0 saturated heterocycles. The zero-order valence-electron chi connectivity index (χ0n) is 23.9. The summed E-state index contributed by atoms with van der Waals surface area (Å²) in [5, 5.41) is 18.0. The van der Waals surface area contributed by atoms with Crippen molar-refractivity contribution in [3.63, 3.8) is 0 Å². The van der Waals surface area contributed by atoms with E-state index in [0.717, 1.165) is 27.1 Å². The molecule has 0 aliphatic carbocycles. The standard InChI is InChI=1S/C32H26BrFN6O4S/c1-43-25-14-6-21(7-15-25)27-17-26(20-4-8-22(33)9-5-20)38-40(27)30(41)19-45-32-37-36-29(18-35-31(42)28-3-2-16-44-28)39(32)24-12-10-23(34)11-13-24/h2-16,27H,17-19H2,1H3,(H,35,42)/t27-/m1/s1. The third-order valence-corrected chi connectivity index (χ3v) is 8.55. The van der Waals surface area contributed by atoms with Crippen LogP contribution in [-0.2, 0) is 11.3 Å². The molecule has 2 amide bonds. The van der Waals surface area contributed by atoms with Crippen LogP contribution in [0.3, 0.4) is 0 Å². The van der Waals surface area contributed by atoms with Gasteiger partial charge in [0.15, 0.2) is 16.7 Å². The Balaban J connectivity index is 1.25. The fourth-order valence-corrected chi connectivity index (χ4v) is 5.93. The van der Waals surface area contributed by atoms with Crippen molar-refractivity contribution in [3.05, 3.63) is 124 Å². The minimum Gasteiger partial charge on any atom is -0.497 e. The van der Waals surface area contributed by atoms with Crippen molar-refractivity contribution in [2.24, 2.45) is 5.10 Å². The van der Waals surface area contributed by atoms with Gasteiger partial charge in [0.05, 0.1) is 37.4 Å². The number of furan rings is 1. The fraction of sp³-hybridized carbons (Fsp3) is 0.156. The third kappa shape index (κ3) is 6.84. The van der Waals surface area contributed by atoms with Crippen LogP contribution in [-0.4, -0.2) is 50.2 Å². The Kier molecular flexibility index (Phi) is 9.08. The van der Waals surface area contributed by atoms with E-state index >= 15 is 0 Å². The lowest BCUT2D eigenvalue weighted by molar-refractivity contribution is -0.130. The van der Waals surface area contributed by atoms with Crippen LogP contribution in [0, 0.1) is 5.82 Å². The summed E-state index contributed by atoms with van der Waals surface area (Å²) >= 11 is 4.65. The molecule has 0 spiro atoms. The van der Waals surface area contributed by atoms with Crippen LogP contribution in [0.25, 0.3) is 5.69 Å². The Morgan fingerprint density at radius 3 is 2.49 bits per heavy atom. The van der Waals surface area contributed by atoms with Gasteiger partial charge in [0.2, 0.25) is 0 Å². The Morgan fingerprint density at radius 2 is 1.80 bits per heavy atom. The summed E-state index contributed by atoms with van der Waals surface area (Å²) in [6.45, 7) is 0.0188. The maximum atomic E-state index is 13.8. The van der Waals surface area contributed by atoms with Gasteiger partial charge in [-0.2, -0.15) is 5.10 Å². The second kappa shape index (κ2) is 13.5. The number of hydrazone groups is 1. The monoisotopic (exact) mass is 688 g/mol. The molecule has 0 saturated carbocycles. The van der Waals surface area contributed by atoms with Crippen molar-refractivity contribution in [1.29, 1.82) is 0 Å². The van der Waals surface area contributed by atoms with Gasteiger partial charge >= 0.3 is 0 Å². The maximum absolute atomic E-state index is 13.8. The van der Waals surface area contributed by atoms with E-state index in [-0.39, 0.29) is 30.0 Å². The molecule has 1 aliphatic heterocycles. The molecule has 0 radical (unpaired) electrons. The van der Waals surface area contributed by atoms with E-state index < -0.39 is 11.7 Å². The molecule has 0 unspecified atom stereocenters. The van der Waals surface area contributed by atoms with E-state index in [1.54, 1.807) is 35.9 Å². The zero-order valence-corrected chi connectivity index (χ0v) is 26.3. The predicted molar refractivity (Wildman–Crippen MR) is 170 cm³/mol. The molecule has 6 rings (SSSR count). The molecule has 5 aromatic rings. The first-order chi connectivity index (χ1) is 21.9. The molecule has 45 heavy (non-hydrogen) atoms. The molecule has 1 atom stereocenters. The Labute approximate surface area is 270 Å². The van der Waals surface area contributed by atoms with Gasteiger partial charge in [0.25, 0.3) is 11.8 Å². The lowest BCUT2D eigenvalue weighted by Crippen LogP contribution is -2.28. The van der Waals surface area contributed by atoms with E-state index in [9.17, 15) is 14.0 Å². The van der Waals surface area contributed by atoms with Crippen molar-refractivity contribution in [3.8, 4) is 11.4 Å². The summed E-state index contributed by atoms with van der Waals surface area (Å²) in [6.07, 6.45) is 1.95. The highest BCUT2D eigenvalue weighted by Crippen LogP contribution is 2.35. The number of halogens is 2. The molecule has 10 nitrogen and oxygen atoms in total. The molecule has 1 N–H and O–H groups in total. The number of methoxy groups -OCH3 is 1. The fourth-order valence-electron chi connectivity index (χ4n) is 4.85. The molecule has 1 aliphatic rings. The second-order valence-electron chi connectivity index (χ2n) is 9.94. The van der Waals surface area contributed by atoms with E-state index in [2.05, 4.69) is 31.4 Å². The summed E-state index contributed by atoms with van der Waals surface area (Å²) in [6, 6.07) is 24.1. The lowest BCUT2D eigenvalue weighted by Gasteiger charge is -2.22. The van der Waals surface area contributed by atoms with Crippen molar-refractivity contribution in [2.75, 3.05) is 12.9 Å². The smallest absolute Gasteiger partial charge is 0.287 e. The SMILES string of the molecule is COc1ccc([C@H]2CC(c3ccc(Br)cc3)=NN2C(=O)CSc2nnc(CNC(=O)c3ccco3)n2-c2ccc(F)cc2)cc1. The summed E-state index contributed by atoms with van der Waals surface area (Å²) in [5.74, 6) is 0.220. The number of carbonyl (C=O) groups is 2. The summed E-state index contributed by atoms with van der Waals surface area (Å²) < 4.78 is 26.9. The first kappa shape index (κ1) is 30.3. The van der Waals surface area contributed by atoms with E-state index in [4.69, 9.17) is 14.3 Å². The van der Waals surface area contributed by atoms with Crippen LogP contribution in [0.1, 0.15) is 40.0 Å². The number of nitrogens with zero attached hydrogens (tertiary/aromatic N) is 5. The van der Waals surface area contributed by atoms with E-state index in [1.807, 2.05) is 48.5 Å². The van der Waals surface area contributed by atoms with Gasteiger partial charge in [0.1, 0.15) is 11.6 Å². The zero-order chi connectivity index (χ0) is 31.3. The van der Waals surface area contributed by atoms with Crippen LogP contribution >= 0.6 is 27.7 Å². The Hall–Kier alpha value is -4.75. The largest absolute Gasteiger partial charge is 0.497 e. The number of hydrogen-bond donors (Lipinski definition) is 1. The molecule has 0 fully saturated rings. The molecular weight excluding hydrogens is 663 g/mol. The van der Waals surface area contributed by atoms with Crippen LogP contribution in [0.4, 0.5) is 4.39 Å². The molecule has 3 heterocycles. The molecular formula is C32H26BrFN6O4S. The first-order valence-corrected chi connectivity index (χ1v) is 15.6. The Morgan fingerprint density at radius 1 is 1.04 bits per heavy atom. The van der Waals surface area contributed by atoms with Gasteiger partial charge in [-0.05, 0) is 71.8 Å². The highest BCUT2D eigenvalue weighted by atomic mass is 79.9. The molecule has 228 valence electrons. The summed E-state index contributed by atoms with van der Waals surface area (Å²) in [7, 11) is 1.61. The van der Waals surface area contributed by atoms with Crippen molar-refractivity contribution >= 4 is 45.2 Å². The molecule has 2 aromatic heterocycles. The molecule has 13 heteroatoms. The quantitative estimate of drug-likeness (QED) is 0.175. The van der Waals surface area contributed by atoms with E-state index in [0.29, 0.717) is 23.1 Å². The molecule has 3 aromatic carbocycles. The predicted octanol–water partition coefficient (Wildman–Crippen LogP) is 6.17. The van der Waals surface area contributed by atoms with Gasteiger partial charge in [-0.25, -0.2) is 9.40 Å². The van der Waals surface area contributed by atoms with Gasteiger partial charge in [-0.3, -0.25) is 14.2 Å². The van der Waals surface area contributed by atoms with Crippen LogP contribution in [0.5, 0.6) is 5.75 Å². The minimum atomic E-state index is -0.420. The van der Waals surface area contributed by atoms with Gasteiger partial charge < -0.3 is 14.5 Å². The number of rotatable bonds is 10. The van der Waals surface area contributed by atoms with Crippen LogP contribution in [0.15, 0.2) is 110 Å². The summed E-state index contributed by atoms with van der Waals surface area (Å²) in [4.78, 5) is 26.3. The number of hydrogen-bond acceptors (Lipinski definition) is 8. The first-order valence-electron chi connectivity index (χ1n) is 13.8. The number of aromatic nitrogens is 3. The lowest BCUT2D eigenvalue weighted by atomic mass is 9.98. The van der Waals surface area contributed by atoms with Gasteiger partial charge in [0, 0.05) is 16.6 Å². The highest BCUT2D eigenvalue weighted by molar-refractivity contribution is 9.10. The number of amides is 2. The van der Waals surface area contributed by atoms with Crippen molar-refractivity contribution in [2.45, 2.75) is 24.2 Å². The number of benzene rings is 3. The average molecular weight is 690 g/mol. The van der Waals surface area contributed by atoms with Crippen molar-refractivity contribution < 1.29 is 23.1 Å². The van der Waals surface area contributed by atoms with Gasteiger partial charge in [-0.1, -0.05) is 52.0 Å². The maximum Gasteiger partial charge on any atom is 0.287 e. The topological polar surface area (TPSA) is 115 Å². The van der Waals surface area contributed by atoms with Crippen molar-refractivity contribution in [1.82, 2.24) is 25.1 Å². The summed E-state index contributed by atoms with van der Waals surface area (Å²) in [5.41, 5.74) is 3.23. The minimum absolute atomic E-state index is 0.00184. The average Bonchev–Trinajstić information content (AvgIpc) is 3.84. The number of thioether (sulfide) groups is 1. The van der Waals surface area contributed by atoms with Crippen LogP contribution in [0.2, 0.25) is 0 Å². The second-order valence-corrected chi connectivity index (χ2v) is 11.8. The molecule has 0 bridgehead atoms. The highest BCUT2D eigenvalue weighted by Gasteiger charge is 2.33. The number of ether oxygens (including phenoxy) is 1. The Bertz CT molecular complexity index is 1830. The number of nitrogens with one attached hydrogen (secondary N) is 1. The number of carbonyl (C=O) groups excluding carboxylic acids is 2. The van der Waals surface area contributed by atoms with Gasteiger partial charge in [-0.15, -0.1) is 10.2 Å². The van der Waals surface area contributed by atoms with Crippen LogP contribution < -0.4 is 10.1 Å². The third-order valence-electron chi connectivity index (χ3n) is 7.11. The normalized spacial score (nSPS) is 14.3. The van der Waals surface area contributed by atoms with E-state index in [1.165, 1.54) is 35.2 Å².